The van der Waals surface area contributed by atoms with Crippen LogP contribution < -0.4 is 9.47 Å². The Morgan fingerprint density at radius 2 is 1.93 bits per heavy atom. The molecule has 0 aliphatic heterocycles. The SMILES string of the molecule is COc1ccc2c(OCc3nnc4ccc(-c5cnccn5)cn34)ccnc2c1. The van der Waals surface area contributed by atoms with Gasteiger partial charge in [0.1, 0.15) is 18.1 Å². The van der Waals surface area contributed by atoms with Gasteiger partial charge >= 0.3 is 0 Å². The van der Waals surface area contributed by atoms with Crippen molar-refractivity contribution in [1.82, 2.24) is 29.5 Å². The maximum absolute atomic E-state index is 6.06. The van der Waals surface area contributed by atoms with Gasteiger partial charge in [-0.15, -0.1) is 10.2 Å². The van der Waals surface area contributed by atoms with Gasteiger partial charge < -0.3 is 9.47 Å². The topological polar surface area (TPSA) is 87.3 Å². The zero-order valence-electron chi connectivity index (χ0n) is 15.6. The molecule has 8 heteroatoms. The number of benzene rings is 1. The lowest BCUT2D eigenvalue weighted by atomic mass is 10.2. The zero-order valence-corrected chi connectivity index (χ0v) is 15.6. The van der Waals surface area contributed by atoms with Gasteiger partial charge in [0.2, 0.25) is 0 Å². The van der Waals surface area contributed by atoms with Crippen LogP contribution in [0.3, 0.4) is 0 Å². The molecule has 29 heavy (non-hydrogen) atoms. The van der Waals surface area contributed by atoms with Gasteiger partial charge in [-0.25, -0.2) is 0 Å². The van der Waals surface area contributed by atoms with Crippen LogP contribution in [0.2, 0.25) is 0 Å². The van der Waals surface area contributed by atoms with Crippen molar-refractivity contribution in [3.8, 4) is 22.8 Å². The summed E-state index contributed by atoms with van der Waals surface area (Å²) in [6.45, 7) is 0.260. The molecule has 0 atom stereocenters. The van der Waals surface area contributed by atoms with E-state index in [0.29, 0.717) is 5.82 Å². The highest BCUT2D eigenvalue weighted by atomic mass is 16.5. The standard InChI is InChI=1S/C21H16N6O2/c1-28-15-3-4-16-17(10-15)23-7-6-19(16)29-13-21-26-25-20-5-2-14(12-27(20)21)18-11-22-8-9-24-18/h2-12H,13H2,1H3. The second-order valence-corrected chi connectivity index (χ2v) is 6.33. The summed E-state index contributed by atoms with van der Waals surface area (Å²) in [7, 11) is 1.63. The van der Waals surface area contributed by atoms with Crippen LogP contribution in [-0.2, 0) is 6.61 Å². The summed E-state index contributed by atoms with van der Waals surface area (Å²) in [4.78, 5) is 12.9. The quantitative estimate of drug-likeness (QED) is 0.459. The van der Waals surface area contributed by atoms with E-state index in [4.69, 9.17) is 9.47 Å². The number of pyridine rings is 2. The van der Waals surface area contributed by atoms with E-state index in [1.165, 1.54) is 0 Å². The van der Waals surface area contributed by atoms with Crippen LogP contribution in [0.25, 0.3) is 27.8 Å². The molecule has 4 aromatic heterocycles. The van der Waals surface area contributed by atoms with E-state index >= 15 is 0 Å². The van der Waals surface area contributed by atoms with E-state index in [9.17, 15) is 0 Å². The molecule has 142 valence electrons. The van der Waals surface area contributed by atoms with E-state index < -0.39 is 0 Å². The summed E-state index contributed by atoms with van der Waals surface area (Å²) in [5, 5.41) is 9.39. The second-order valence-electron chi connectivity index (χ2n) is 6.33. The van der Waals surface area contributed by atoms with Crippen molar-refractivity contribution < 1.29 is 9.47 Å². The Kier molecular flexibility index (Phi) is 4.21. The van der Waals surface area contributed by atoms with Gasteiger partial charge in [0.05, 0.1) is 24.5 Å². The second kappa shape index (κ2) is 7.16. The molecule has 0 aliphatic carbocycles. The number of fused-ring (bicyclic) bond motifs is 2. The van der Waals surface area contributed by atoms with Crippen LogP contribution in [-0.4, -0.2) is 36.7 Å². The van der Waals surface area contributed by atoms with Crippen molar-refractivity contribution in [2.45, 2.75) is 6.61 Å². The maximum Gasteiger partial charge on any atom is 0.175 e. The van der Waals surface area contributed by atoms with Gasteiger partial charge in [-0.3, -0.25) is 19.4 Å². The van der Waals surface area contributed by atoms with E-state index in [1.54, 1.807) is 31.9 Å². The molecular formula is C21H16N6O2. The molecule has 0 amide bonds. The van der Waals surface area contributed by atoms with Crippen molar-refractivity contribution in [3.63, 3.8) is 0 Å². The molecule has 0 radical (unpaired) electrons. The van der Waals surface area contributed by atoms with Crippen molar-refractivity contribution in [2.24, 2.45) is 0 Å². The Labute approximate surface area is 165 Å². The molecule has 0 aliphatic rings. The minimum absolute atomic E-state index is 0.260. The summed E-state index contributed by atoms with van der Waals surface area (Å²) in [5.41, 5.74) is 3.25. The third-order valence-corrected chi connectivity index (χ3v) is 4.60. The minimum atomic E-state index is 0.260. The van der Waals surface area contributed by atoms with Crippen LogP contribution in [0.4, 0.5) is 0 Å². The monoisotopic (exact) mass is 384 g/mol. The smallest absolute Gasteiger partial charge is 0.175 e. The summed E-state index contributed by atoms with van der Waals surface area (Å²) in [5.74, 6) is 2.16. The average Bonchev–Trinajstić information content (AvgIpc) is 3.20. The molecule has 0 saturated carbocycles. The van der Waals surface area contributed by atoms with Gasteiger partial charge in [0.15, 0.2) is 11.5 Å². The average molecular weight is 384 g/mol. The van der Waals surface area contributed by atoms with Gasteiger partial charge in [-0.05, 0) is 30.3 Å². The molecule has 0 N–H and O–H groups in total. The molecular weight excluding hydrogens is 368 g/mol. The highest BCUT2D eigenvalue weighted by Gasteiger charge is 2.10. The van der Waals surface area contributed by atoms with Gasteiger partial charge in [-0.1, -0.05) is 0 Å². The number of aromatic nitrogens is 6. The lowest BCUT2D eigenvalue weighted by molar-refractivity contribution is 0.298. The number of ether oxygens (including phenoxy) is 2. The van der Waals surface area contributed by atoms with Crippen LogP contribution in [0.1, 0.15) is 5.82 Å². The molecule has 1 aromatic carbocycles. The molecule has 0 saturated heterocycles. The Morgan fingerprint density at radius 3 is 2.79 bits per heavy atom. The number of methoxy groups -OCH3 is 1. The largest absolute Gasteiger partial charge is 0.497 e. The van der Waals surface area contributed by atoms with E-state index in [-0.39, 0.29) is 6.61 Å². The maximum atomic E-state index is 6.06. The molecule has 0 unspecified atom stereocenters. The molecule has 5 rings (SSSR count). The normalized spacial score (nSPS) is 11.1. The number of hydrogen-bond donors (Lipinski definition) is 0. The van der Waals surface area contributed by atoms with Gasteiger partial charge in [0, 0.05) is 41.8 Å². The Balaban J connectivity index is 1.46. The summed E-state index contributed by atoms with van der Waals surface area (Å²) < 4.78 is 13.2. The predicted molar refractivity (Wildman–Crippen MR) is 107 cm³/mol. The van der Waals surface area contributed by atoms with Crippen LogP contribution in [0.15, 0.2) is 67.4 Å². The fraction of sp³-hybridized carbons (Fsp3) is 0.0952. The first-order valence-corrected chi connectivity index (χ1v) is 8.97. The zero-order chi connectivity index (χ0) is 19.6. The summed E-state index contributed by atoms with van der Waals surface area (Å²) in [6.07, 6.45) is 8.69. The van der Waals surface area contributed by atoms with Gasteiger partial charge in [0.25, 0.3) is 0 Å². The van der Waals surface area contributed by atoms with Crippen molar-refractivity contribution >= 4 is 16.6 Å². The third kappa shape index (κ3) is 3.20. The first kappa shape index (κ1) is 17.1. The van der Waals surface area contributed by atoms with Crippen LogP contribution in [0.5, 0.6) is 11.5 Å². The molecule has 0 bridgehead atoms. The fourth-order valence-corrected chi connectivity index (χ4v) is 3.13. The lowest BCUT2D eigenvalue weighted by Crippen LogP contribution is -2.02. The number of rotatable bonds is 5. The first-order valence-electron chi connectivity index (χ1n) is 8.97. The van der Waals surface area contributed by atoms with Crippen molar-refractivity contribution in [1.29, 1.82) is 0 Å². The Morgan fingerprint density at radius 1 is 0.966 bits per heavy atom. The number of nitrogens with zero attached hydrogens (tertiary/aromatic N) is 6. The Bertz CT molecular complexity index is 1300. The van der Waals surface area contributed by atoms with E-state index in [1.807, 2.05) is 47.0 Å². The first-order chi connectivity index (χ1) is 14.3. The molecule has 4 heterocycles. The predicted octanol–water partition coefficient (Wildman–Crippen LogP) is 3.32. The van der Waals surface area contributed by atoms with E-state index in [2.05, 4.69) is 25.1 Å². The minimum Gasteiger partial charge on any atom is -0.497 e. The Hall–Kier alpha value is -4.07. The number of hydrogen-bond acceptors (Lipinski definition) is 7. The fourth-order valence-electron chi connectivity index (χ4n) is 3.13. The molecule has 0 spiro atoms. The van der Waals surface area contributed by atoms with Crippen LogP contribution >= 0.6 is 0 Å². The molecule has 0 fully saturated rings. The highest BCUT2D eigenvalue weighted by molar-refractivity contribution is 5.85. The molecule has 8 nitrogen and oxygen atoms in total. The molecule has 5 aromatic rings. The van der Waals surface area contributed by atoms with Crippen LogP contribution in [0, 0.1) is 0 Å². The van der Waals surface area contributed by atoms with Gasteiger partial charge in [-0.2, -0.15) is 0 Å². The van der Waals surface area contributed by atoms with Crippen molar-refractivity contribution in [3.05, 3.63) is 73.2 Å². The summed E-state index contributed by atoms with van der Waals surface area (Å²) >= 11 is 0. The third-order valence-electron chi connectivity index (χ3n) is 4.60. The van der Waals surface area contributed by atoms with E-state index in [0.717, 1.165) is 39.3 Å². The highest BCUT2D eigenvalue weighted by Crippen LogP contribution is 2.27. The van der Waals surface area contributed by atoms with Crippen molar-refractivity contribution in [2.75, 3.05) is 7.11 Å². The lowest BCUT2D eigenvalue weighted by Gasteiger charge is -2.09. The summed E-state index contributed by atoms with van der Waals surface area (Å²) in [6, 6.07) is 11.4.